The quantitative estimate of drug-likeness (QED) is 0.658. The van der Waals surface area contributed by atoms with E-state index in [4.69, 9.17) is 9.47 Å². The second-order valence-corrected chi connectivity index (χ2v) is 6.97. The van der Waals surface area contributed by atoms with Crippen LogP contribution in [0.3, 0.4) is 0 Å². The largest absolute Gasteiger partial charge is 0.347 e. The SMILES string of the molecule is C=C[C@@]12CC3(CC[C@@]1(C)CCC/C2=C\Br)OCCO3. The smallest absolute Gasteiger partial charge is 0.169 e. The highest BCUT2D eigenvalue weighted by molar-refractivity contribution is 9.11. The van der Waals surface area contributed by atoms with Gasteiger partial charge in [-0.2, -0.15) is 0 Å². The van der Waals surface area contributed by atoms with Gasteiger partial charge in [-0.15, -0.1) is 6.58 Å². The summed E-state index contributed by atoms with van der Waals surface area (Å²) in [6, 6.07) is 0. The summed E-state index contributed by atoms with van der Waals surface area (Å²) in [6.45, 7) is 8.07. The topological polar surface area (TPSA) is 18.5 Å². The number of halogens is 1. The van der Waals surface area contributed by atoms with Gasteiger partial charge in [0.1, 0.15) is 0 Å². The van der Waals surface area contributed by atoms with Crippen LogP contribution in [0.2, 0.25) is 0 Å². The second-order valence-electron chi connectivity index (χ2n) is 6.51. The van der Waals surface area contributed by atoms with Gasteiger partial charge in [0.15, 0.2) is 5.79 Å². The molecule has 19 heavy (non-hydrogen) atoms. The zero-order valence-corrected chi connectivity index (χ0v) is 13.3. The van der Waals surface area contributed by atoms with Crippen molar-refractivity contribution in [1.29, 1.82) is 0 Å². The molecule has 3 aliphatic rings. The van der Waals surface area contributed by atoms with Crippen molar-refractivity contribution in [3.8, 4) is 0 Å². The monoisotopic (exact) mass is 326 g/mol. The Morgan fingerprint density at radius 3 is 2.58 bits per heavy atom. The standard InChI is InChI=1S/C16H23BrO2/c1-3-15-12-16(18-9-10-19-16)8-7-14(15,2)6-4-5-13(15)11-17/h3,11H,1,4-10,12H2,2H3/b13-11+/t14-,15+/m1/s1. The van der Waals surface area contributed by atoms with Crippen molar-refractivity contribution < 1.29 is 9.47 Å². The third kappa shape index (κ3) is 1.89. The Labute approximate surface area is 124 Å². The summed E-state index contributed by atoms with van der Waals surface area (Å²) in [4.78, 5) is 2.13. The van der Waals surface area contributed by atoms with Gasteiger partial charge in [-0.25, -0.2) is 0 Å². The van der Waals surface area contributed by atoms with Gasteiger partial charge in [0.05, 0.1) is 13.2 Å². The Kier molecular flexibility index (Phi) is 3.43. The molecule has 0 bridgehead atoms. The average molecular weight is 327 g/mol. The Balaban J connectivity index is 2.03. The maximum atomic E-state index is 5.98. The van der Waals surface area contributed by atoms with Crippen molar-refractivity contribution in [2.45, 2.75) is 51.2 Å². The van der Waals surface area contributed by atoms with Crippen LogP contribution in [0, 0.1) is 10.8 Å². The van der Waals surface area contributed by atoms with Gasteiger partial charge in [0.2, 0.25) is 0 Å². The van der Waals surface area contributed by atoms with Gasteiger partial charge < -0.3 is 9.47 Å². The van der Waals surface area contributed by atoms with Crippen LogP contribution in [-0.4, -0.2) is 19.0 Å². The molecule has 0 radical (unpaired) electrons. The van der Waals surface area contributed by atoms with Crippen molar-refractivity contribution in [1.82, 2.24) is 0 Å². The van der Waals surface area contributed by atoms with Gasteiger partial charge in [-0.3, -0.25) is 0 Å². The number of fused-ring (bicyclic) bond motifs is 1. The van der Waals surface area contributed by atoms with E-state index in [0.717, 1.165) is 38.9 Å². The highest BCUT2D eigenvalue weighted by Gasteiger charge is 2.59. The number of hydrogen-bond acceptors (Lipinski definition) is 2. The van der Waals surface area contributed by atoms with Crippen LogP contribution in [-0.2, 0) is 9.47 Å². The summed E-state index contributed by atoms with van der Waals surface area (Å²) >= 11 is 3.58. The Hall–Kier alpha value is -0.120. The molecule has 2 saturated carbocycles. The number of allylic oxidation sites excluding steroid dienone is 2. The van der Waals surface area contributed by atoms with Gasteiger partial charge in [-0.1, -0.05) is 34.5 Å². The fourth-order valence-electron chi connectivity index (χ4n) is 4.50. The number of hydrogen-bond donors (Lipinski definition) is 0. The highest BCUT2D eigenvalue weighted by atomic mass is 79.9. The molecule has 3 heteroatoms. The predicted octanol–water partition coefficient (Wildman–Crippen LogP) is 4.55. The summed E-state index contributed by atoms with van der Waals surface area (Å²) in [5, 5.41) is 0. The molecule has 0 amide bonds. The van der Waals surface area contributed by atoms with Gasteiger partial charge in [0, 0.05) is 18.3 Å². The molecule has 2 nitrogen and oxygen atoms in total. The molecule has 3 fully saturated rings. The van der Waals surface area contributed by atoms with Crippen LogP contribution in [0.4, 0.5) is 0 Å². The van der Waals surface area contributed by atoms with E-state index in [1.54, 1.807) is 0 Å². The molecule has 1 aliphatic heterocycles. The van der Waals surface area contributed by atoms with Crippen LogP contribution in [0.1, 0.15) is 45.4 Å². The minimum atomic E-state index is -0.355. The van der Waals surface area contributed by atoms with E-state index in [2.05, 4.69) is 40.5 Å². The molecule has 1 spiro atoms. The van der Waals surface area contributed by atoms with E-state index in [-0.39, 0.29) is 11.2 Å². The summed E-state index contributed by atoms with van der Waals surface area (Å²) in [7, 11) is 0. The lowest BCUT2D eigenvalue weighted by atomic mass is 9.48. The zero-order chi connectivity index (χ0) is 13.6. The van der Waals surface area contributed by atoms with Crippen LogP contribution < -0.4 is 0 Å². The van der Waals surface area contributed by atoms with Crippen molar-refractivity contribution in [2.24, 2.45) is 10.8 Å². The van der Waals surface area contributed by atoms with Gasteiger partial charge in [-0.05, 0) is 36.1 Å². The lowest BCUT2D eigenvalue weighted by Crippen LogP contribution is -2.53. The van der Waals surface area contributed by atoms with Gasteiger partial charge in [0.25, 0.3) is 0 Å². The van der Waals surface area contributed by atoms with E-state index in [1.165, 1.54) is 18.4 Å². The summed E-state index contributed by atoms with van der Waals surface area (Å²) in [5.41, 5.74) is 1.79. The molecular formula is C16H23BrO2. The number of ether oxygens (including phenoxy) is 2. The normalized spacial score (nSPS) is 43.4. The first kappa shape index (κ1) is 13.8. The van der Waals surface area contributed by atoms with Crippen LogP contribution in [0.5, 0.6) is 0 Å². The third-order valence-corrected chi connectivity index (χ3v) is 6.28. The van der Waals surface area contributed by atoms with Crippen LogP contribution in [0.15, 0.2) is 23.2 Å². The molecule has 3 rings (SSSR count). The van der Waals surface area contributed by atoms with Crippen LogP contribution in [0.25, 0.3) is 0 Å². The molecule has 1 heterocycles. The molecule has 0 N–H and O–H groups in total. The maximum Gasteiger partial charge on any atom is 0.169 e. The van der Waals surface area contributed by atoms with Crippen molar-refractivity contribution in [3.63, 3.8) is 0 Å². The molecular weight excluding hydrogens is 304 g/mol. The molecule has 106 valence electrons. The number of rotatable bonds is 1. The summed E-state index contributed by atoms with van der Waals surface area (Å²) in [5.74, 6) is -0.355. The predicted molar refractivity (Wildman–Crippen MR) is 80.1 cm³/mol. The molecule has 0 unspecified atom stereocenters. The van der Waals surface area contributed by atoms with Gasteiger partial charge >= 0.3 is 0 Å². The zero-order valence-electron chi connectivity index (χ0n) is 11.7. The maximum absolute atomic E-state index is 5.98. The summed E-state index contributed by atoms with van der Waals surface area (Å²) in [6.07, 6.45) is 8.99. The van der Waals surface area contributed by atoms with E-state index in [1.807, 2.05) is 0 Å². The molecule has 0 aromatic heterocycles. The third-order valence-electron chi connectivity index (χ3n) is 5.72. The summed E-state index contributed by atoms with van der Waals surface area (Å²) < 4.78 is 12.0. The minimum absolute atomic E-state index is 0.0251. The van der Waals surface area contributed by atoms with Crippen LogP contribution >= 0.6 is 15.9 Å². The molecule has 0 aromatic rings. The van der Waals surface area contributed by atoms with E-state index >= 15 is 0 Å². The fourth-order valence-corrected chi connectivity index (χ4v) is 5.14. The highest BCUT2D eigenvalue weighted by Crippen LogP contribution is 2.64. The van der Waals surface area contributed by atoms with Crippen molar-refractivity contribution in [2.75, 3.05) is 13.2 Å². The first-order valence-electron chi connectivity index (χ1n) is 7.31. The fraction of sp³-hybridized carbons (Fsp3) is 0.750. The lowest BCUT2D eigenvalue weighted by Gasteiger charge is -2.58. The first-order chi connectivity index (χ1) is 9.10. The first-order valence-corrected chi connectivity index (χ1v) is 8.23. The van der Waals surface area contributed by atoms with E-state index in [0.29, 0.717) is 5.41 Å². The molecule has 2 atom stereocenters. The molecule has 0 aromatic carbocycles. The van der Waals surface area contributed by atoms with E-state index < -0.39 is 0 Å². The molecule has 2 aliphatic carbocycles. The Morgan fingerprint density at radius 1 is 1.21 bits per heavy atom. The van der Waals surface area contributed by atoms with Crippen molar-refractivity contribution >= 4 is 15.9 Å². The Bertz CT molecular complexity index is 411. The molecule has 1 saturated heterocycles. The van der Waals surface area contributed by atoms with Crippen molar-refractivity contribution in [3.05, 3.63) is 23.2 Å². The second kappa shape index (κ2) is 4.71. The minimum Gasteiger partial charge on any atom is -0.347 e. The Morgan fingerprint density at radius 2 is 1.95 bits per heavy atom. The van der Waals surface area contributed by atoms with E-state index in [9.17, 15) is 0 Å². The lowest BCUT2D eigenvalue weighted by molar-refractivity contribution is -0.218. The average Bonchev–Trinajstić information content (AvgIpc) is 2.87.